The summed E-state index contributed by atoms with van der Waals surface area (Å²) in [5.74, 6) is 0.184. The van der Waals surface area contributed by atoms with Crippen molar-refractivity contribution in [3.05, 3.63) is 78.9 Å². The molecule has 0 aliphatic rings. The number of aromatic nitrogens is 3. The topological polar surface area (TPSA) is 59.3 Å². The molecule has 5 nitrogen and oxygen atoms in total. The Hall–Kier alpha value is -3.16. The second kappa shape index (κ2) is 7.69. The number of nitrogens with zero attached hydrogens (tertiary/aromatic N) is 3. The predicted molar refractivity (Wildman–Crippen MR) is 120 cm³/mol. The first kappa shape index (κ1) is 17.9. The molecule has 0 atom stereocenters. The summed E-state index contributed by atoms with van der Waals surface area (Å²) >= 11 is 2.98. The number of thioether (sulfide) groups is 1. The van der Waals surface area contributed by atoms with E-state index in [1.165, 1.54) is 11.8 Å². The van der Waals surface area contributed by atoms with E-state index in [2.05, 4.69) is 21.6 Å². The molecule has 0 saturated heterocycles. The molecule has 0 aliphatic heterocycles. The van der Waals surface area contributed by atoms with Gasteiger partial charge in [-0.05, 0) is 23.8 Å². The summed E-state index contributed by atoms with van der Waals surface area (Å²) in [4.78, 5) is 13.5. The fourth-order valence-electron chi connectivity index (χ4n) is 3.23. The minimum Gasteiger partial charge on any atom is -0.325 e. The SMILES string of the molecule is O=C(CSc1nnc2sc3ccccc3n12)Nc1ccccc1-c1ccccc1. The molecular weight excluding hydrogens is 400 g/mol. The van der Waals surface area contributed by atoms with Crippen LogP contribution in [-0.4, -0.2) is 26.3 Å². The van der Waals surface area contributed by atoms with E-state index in [0.717, 1.165) is 37.1 Å². The number of nitrogens with one attached hydrogen (secondary N) is 1. The summed E-state index contributed by atoms with van der Waals surface area (Å²) < 4.78 is 3.16. The van der Waals surface area contributed by atoms with Gasteiger partial charge in [-0.1, -0.05) is 83.8 Å². The lowest BCUT2D eigenvalue weighted by Crippen LogP contribution is -2.15. The fraction of sp³-hybridized carbons (Fsp3) is 0.0455. The number of para-hydroxylation sites is 2. The number of hydrogen-bond donors (Lipinski definition) is 1. The van der Waals surface area contributed by atoms with Crippen molar-refractivity contribution in [2.24, 2.45) is 0 Å². The number of rotatable bonds is 5. The Kier molecular flexibility index (Phi) is 4.75. The number of carbonyl (C=O) groups excluding carboxylic acids is 1. The number of thiazole rings is 1. The molecule has 3 aromatic carbocycles. The highest BCUT2D eigenvalue weighted by molar-refractivity contribution is 7.99. The zero-order valence-corrected chi connectivity index (χ0v) is 16.9. The van der Waals surface area contributed by atoms with E-state index in [-0.39, 0.29) is 11.7 Å². The molecular formula is C22H16N4OS2. The highest BCUT2D eigenvalue weighted by Crippen LogP contribution is 2.30. The van der Waals surface area contributed by atoms with E-state index >= 15 is 0 Å². The Morgan fingerprint density at radius 3 is 2.59 bits per heavy atom. The molecule has 2 aromatic heterocycles. The van der Waals surface area contributed by atoms with Crippen LogP contribution in [0.25, 0.3) is 26.3 Å². The van der Waals surface area contributed by atoms with Crippen molar-refractivity contribution < 1.29 is 4.79 Å². The van der Waals surface area contributed by atoms with Crippen LogP contribution >= 0.6 is 23.1 Å². The summed E-state index contributed by atoms with van der Waals surface area (Å²) in [5.41, 5.74) is 3.94. The number of benzene rings is 3. The van der Waals surface area contributed by atoms with Gasteiger partial charge in [0.05, 0.1) is 16.0 Å². The van der Waals surface area contributed by atoms with Crippen molar-refractivity contribution >= 4 is 49.9 Å². The average Bonchev–Trinajstić information content (AvgIpc) is 3.33. The third kappa shape index (κ3) is 3.50. The zero-order chi connectivity index (χ0) is 19.6. The van der Waals surface area contributed by atoms with E-state index in [1.807, 2.05) is 77.2 Å². The fourth-order valence-corrected chi connectivity index (χ4v) is 4.99. The van der Waals surface area contributed by atoms with Crippen molar-refractivity contribution in [3.63, 3.8) is 0 Å². The van der Waals surface area contributed by atoms with Crippen molar-refractivity contribution in [3.8, 4) is 11.1 Å². The number of amides is 1. The van der Waals surface area contributed by atoms with Crippen molar-refractivity contribution in [1.82, 2.24) is 14.6 Å². The minimum atomic E-state index is -0.0744. The molecule has 0 saturated carbocycles. The van der Waals surface area contributed by atoms with Gasteiger partial charge in [-0.25, -0.2) is 0 Å². The molecule has 29 heavy (non-hydrogen) atoms. The number of hydrogen-bond acceptors (Lipinski definition) is 5. The maximum Gasteiger partial charge on any atom is 0.234 e. The second-order valence-electron chi connectivity index (χ2n) is 6.42. The van der Waals surface area contributed by atoms with Crippen LogP contribution in [-0.2, 0) is 4.79 Å². The van der Waals surface area contributed by atoms with Crippen molar-refractivity contribution in [2.45, 2.75) is 5.16 Å². The van der Waals surface area contributed by atoms with Gasteiger partial charge in [-0.2, -0.15) is 0 Å². The zero-order valence-electron chi connectivity index (χ0n) is 15.3. The largest absolute Gasteiger partial charge is 0.325 e. The third-order valence-corrected chi connectivity index (χ3v) is 6.47. The van der Waals surface area contributed by atoms with Gasteiger partial charge in [-0.3, -0.25) is 9.20 Å². The molecule has 142 valence electrons. The first-order valence-corrected chi connectivity index (χ1v) is 10.9. The molecule has 0 aliphatic carbocycles. The van der Waals surface area contributed by atoms with Crippen LogP contribution < -0.4 is 5.32 Å². The highest BCUT2D eigenvalue weighted by atomic mass is 32.2. The third-order valence-electron chi connectivity index (χ3n) is 4.53. The van der Waals surface area contributed by atoms with Gasteiger partial charge in [0.15, 0.2) is 5.16 Å². The maximum absolute atomic E-state index is 12.6. The lowest BCUT2D eigenvalue weighted by atomic mass is 10.0. The van der Waals surface area contributed by atoms with E-state index in [9.17, 15) is 4.79 Å². The summed E-state index contributed by atoms with van der Waals surface area (Å²) in [6.07, 6.45) is 0. The molecule has 0 unspecified atom stereocenters. The van der Waals surface area contributed by atoms with Gasteiger partial charge in [0, 0.05) is 11.3 Å². The lowest BCUT2D eigenvalue weighted by molar-refractivity contribution is -0.113. The van der Waals surface area contributed by atoms with Gasteiger partial charge in [0.2, 0.25) is 10.9 Å². The Labute approximate surface area is 175 Å². The monoisotopic (exact) mass is 416 g/mol. The smallest absolute Gasteiger partial charge is 0.234 e. The van der Waals surface area contributed by atoms with Crippen LogP contribution in [0.1, 0.15) is 0 Å². The van der Waals surface area contributed by atoms with Crippen LogP contribution in [0.5, 0.6) is 0 Å². The van der Waals surface area contributed by atoms with Crippen LogP contribution in [0, 0.1) is 0 Å². The van der Waals surface area contributed by atoms with E-state index in [1.54, 1.807) is 11.3 Å². The number of anilines is 1. The molecule has 5 aromatic rings. The van der Waals surface area contributed by atoms with Crippen LogP contribution in [0.15, 0.2) is 84.0 Å². The predicted octanol–water partition coefficient (Wildman–Crippen LogP) is 5.34. The lowest BCUT2D eigenvalue weighted by Gasteiger charge is -2.11. The molecule has 0 spiro atoms. The van der Waals surface area contributed by atoms with Gasteiger partial charge in [0.25, 0.3) is 0 Å². The van der Waals surface area contributed by atoms with E-state index in [0.29, 0.717) is 0 Å². The first-order valence-electron chi connectivity index (χ1n) is 9.09. The molecule has 1 amide bonds. The summed E-state index contributed by atoms with van der Waals surface area (Å²) in [7, 11) is 0. The maximum atomic E-state index is 12.6. The molecule has 0 fully saturated rings. The van der Waals surface area contributed by atoms with Crippen LogP contribution in [0.2, 0.25) is 0 Å². The van der Waals surface area contributed by atoms with Gasteiger partial charge in [0.1, 0.15) is 0 Å². The Morgan fingerprint density at radius 2 is 1.69 bits per heavy atom. The van der Waals surface area contributed by atoms with E-state index in [4.69, 9.17) is 0 Å². The van der Waals surface area contributed by atoms with Crippen molar-refractivity contribution in [1.29, 1.82) is 0 Å². The molecule has 7 heteroatoms. The highest BCUT2D eigenvalue weighted by Gasteiger charge is 2.15. The Morgan fingerprint density at radius 1 is 0.931 bits per heavy atom. The quantitative estimate of drug-likeness (QED) is 0.393. The average molecular weight is 417 g/mol. The van der Waals surface area contributed by atoms with E-state index < -0.39 is 0 Å². The molecule has 1 N–H and O–H groups in total. The summed E-state index contributed by atoms with van der Waals surface area (Å²) in [5, 5.41) is 12.3. The molecule has 5 rings (SSSR count). The van der Waals surface area contributed by atoms with Crippen LogP contribution in [0.4, 0.5) is 5.69 Å². The minimum absolute atomic E-state index is 0.0744. The van der Waals surface area contributed by atoms with Crippen molar-refractivity contribution in [2.75, 3.05) is 11.1 Å². The van der Waals surface area contributed by atoms with Gasteiger partial charge in [-0.15, -0.1) is 10.2 Å². The molecule has 0 bridgehead atoms. The molecule has 0 radical (unpaired) electrons. The standard InChI is InChI=1S/C22H16N4OS2/c27-20(23-17-11-5-4-10-16(17)15-8-2-1-3-9-15)14-28-21-24-25-22-26(21)18-12-6-7-13-19(18)29-22/h1-13H,14H2,(H,23,27). The summed E-state index contributed by atoms with van der Waals surface area (Å²) in [6, 6.07) is 26.0. The number of carbonyl (C=O) groups is 1. The Balaban J connectivity index is 1.35. The second-order valence-corrected chi connectivity index (χ2v) is 8.37. The van der Waals surface area contributed by atoms with Gasteiger partial charge >= 0.3 is 0 Å². The first-order chi connectivity index (χ1) is 14.3. The van der Waals surface area contributed by atoms with Crippen LogP contribution in [0.3, 0.4) is 0 Å². The molecule has 2 heterocycles. The normalized spacial score (nSPS) is 11.2. The van der Waals surface area contributed by atoms with Gasteiger partial charge < -0.3 is 5.32 Å². The summed E-state index contributed by atoms with van der Waals surface area (Å²) in [6.45, 7) is 0. The number of fused-ring (bicyclic) bond motifs is 3. The Bertz CT molecular complexity index is 1310.